The molecule has 0 heterocycles. The number of hydrogen-bond acceptors (Lipinski definition) is 1. The van der Waals surface area contributed by atoms with Crippen LogP contribution in [0.1, 0.15) is 16.7 Å². The van der Waals surface area contributed by atoms with Gasteiger partial charge >= 0.3 is 6.18 Å². The molecule has 3 rings (SSSR count). The van der Waals surface area contributed by atoms with Crippen LogP contribution in [0.5, 0.6) is 0 Å². The van der Waals surface area contributed by atoms with Crippen LogP contribution in [0.25, 0.3) is 0 Å². The van der Waals surface area contributed by atoms with Crippen LogP contribution in [-0.2, 0) is 6.18 Å². The normalized spacial score (nSPS) is 11.2. The summed E-state index contributed by atoms with van der Waals surface area (Å²) in [4.78, 5) is 4.38. The fraction of sp³-hybridized carbons (Fsp3) is 0.0500. The molecule has 0 aliphatic carbocycles. The zero-order valence-corrected chi connectivity index (χ0v) is 14.6. The number of hydrogen-bond donors (Lipinski definition) is 0. The summed E-state index contributed by atoms with van der Waals surface area (Å²) in [5.41, 5.74) is 1.12. The fourth-order valence-electron chi connectivity index (χ4n) is 2.44. The van der Waals surface area contributed by atoms with Crippen LogP contribution in [0.4, 0.5) is 18.9 Å². The van der Waals surface area contributed by atoms with Crippen molar-refractivity contribution in [3.05, 3.63) is 100 Å². The zero-order chi connectivity index (χ0) is 17.9. The lowest BCUT2D eigenvalue weighted by molar-refractivity contribution is -0.137. The molecule has 0 aliphatic rings. The molecular weight excluding hydrogens is 391 g/mol. The number of halogens is 4. The van der Waals surface area contributed by atoms with Crippen LogP contribution >= 0.6 is 15.9 Å². The molecule has 0 amide bonds. The molecule has 3 aromatic rings. The molecule has 25 heavy (non-hydrogen) atoms. The zero-order valence-electron chi connectivity index (χ0n) is 13.0. The van der Waals surface area contributed by atoms with E-state index in [2.05, 4.69) is 20.9 Å². The van der Waals surface area contributed by atoms with E-state index in [0.29, 0.717) is 10.2 Å². The van der Waals surface area contributed by atoms with Gasteiger partial charge in [0.1, 0.15) is 0 Å². The number of benzene rings is 3. The maximum atomic E-state index is 13.4. The Balaban J connectivity index is 2.22. The molecule has 0 aromatic heterocycles. The molecule has 0 saturated carbocycles. The highest BCUT2D eigenvalue weighted by atomic mass is 79.9. The average molecular weight is 404 g/mol. The smallest absolute Gasteiger partial charge is 0.247 e. The van der Waals surface area contributed by atoms with Crippen molar-refractivity contribution < 1.29 is 13.2 Å². The largest absolute Gasteiger partial charge is 0.418 e. The van der Waals surface area contributed by atoms with Gasteiger partial charge in [0.05, 0.1) is 17.0 Å². The summed E-state index contributed by atoms with van der Waals surface area (Å²) >= 11 is 3.10. The molecule has 126 valence electrons. The van der Waals surface area contributed by atoms with Crippen molar-refractivity contribution in [2.45, 2.75) is 6.18 Å². The summed E-state index contributed by atoms with van der Waals surface area (Å²) in [6.07, 6.45) is -4.49. The third-order valence-electron chi connectivity index (χ3n) is 3.59. The summed E-state index contributed by atoms with van der Waals surface area (Å²) in [5, 5.41) is 0. The monoisotopic (exact) mass is 403 g/mol. The highest BCUT2D eigenvalue weighted by Crippen LogP contribution is 2.38. The topological polar surface area (TPSA) is 12.4 Å². The first-order valence-electron chi connectivity index (χ1n) is 7.51. The van der Waals surface area contributed by atoms with Gasteiger partial charge in [-0.05, 0) is 18.2 Å². The van der Waals surface area contributed by atoms with Crippen molar-refractivity contribution in [3.8, 4) is 0 Å². The maximum Gasteiger partial charge on any atom is 0.418 e. The van der Waals surface area contributed by atoms with E-state index in [0.717, 1.165) is 17.2 Å². The molecule has 3 aromatic carbocycles. The minimum Gasteiger partial charge on any atom is -0.247 e. The Morgan fingerprint density at radius 3 is 1.76 bits per heavy atom. The van der Waals surface area contributed by atoms with Gasteiger partial charge in [0.2, 0.25) is 0 Å². The van der Waals surface area contributed by atoms with Gasteiger partial charge in [-0.15, -0.1) is 0 Å². The molecule has 0 spiro atoms. The summed E-state index contributed by atoms with van der Waals surface area (Å²) < 4.78 is 40.5. The van der Waals surface area contributed by atoms with Crippen molar-refractivity contribution >= 4 is 27.3 Å². The molecule has 0 unspecified atom stereocenters. The summed E-state index contributed by atoms with van der Waals surface area (Å²) in [7, 11) is 0. The van der Waals surface area contributed by atoms with E-state index >= 15 is 0 Å². The van der Waals surface area contributed by atoms with E-state index in [1.54, 1.807) is 6.07 Å². The van der Waals surface area contributed by atoms with Crippen LogP contribution in [-0.4, -0.2) is 5.71 Å². The van der Waals surface area contributed by atoms with Gasteiger partial charge in [-0.1, -0.05) is 76.6 Å². The van der Waals surface area contributed by atoms with E-state index in [9.17, 15) is 13.2 Å². The molecule has 5 heteroatoms. The second kappa shape index (κ2) is 7.23. The number of rotatable bonds is 3. The lowest BCUT2D eigenvalue weighted by atomic mass is 10.0. The number of aliphatic imine (C=N–C) groups is 1. The Labute approximate surface area is 152 Å². The molecule has 1 nitrogen and oxygen atoms in total. The molecule has 0 bridgehead atoms. The second-order valence-electron chi connectivity index (χ2n) is 5.35. The van der Waals surface area contributed by atoms with Crippen LogP contribution in [0.15, 0.2) is 88.3 Å². The lowest BCUT2D eigenvalue weighted by Crippen LogP contribution is -2.07. The van der Waals surface area contributed by atoms with E-state index in [1.807, 2.05) is 60.7 Å². The predicted octanol–water partition coefficient (Wildman–Crippen LogP) is 6.64. The van der Waals surface area contributed by atoms with E-state index in [1.165, 1.54) is 6.07 Å². The average Bonchev–Trinajstić information content (AvgIpc) is 2.61. The van der Waals surface area contributed by atoms with E-state index in [-0.39, 0.29) is 5.69 Å². The lowest BCUT2D eigenvalue weighted by Gasteiger charge is -2.13. The van der Waals surface area contributed by atoms with Gasteiger partial charge < -0.3 is 0 Å². The Kier molecular flexibility index (Phi) is 5.04. The van der Waals surface area contributed by atoms with Crippen molar-refractivity contribution in [1.29, 1.82) is 0 Å². The molecule has 0 fully saturated rings. The van der Waals surface area contributed by atoms with Gasteiger partial charge in [0.25, 0.3) is 0 Å². The van der Waals surface area contributed by atoms with Crippen molar-refractivity contribution in [1.82, 2.24) is 0 Å². The van der Waals surface area contributed by atoms with Gasteiger partial charge in [0.15, 0.2) is 0 Å². The van der Waals surface area contributed by atoms with Gasteiger partial charge in [-0.3, -0.25) is 0 Å². The molecule has 0 radical (unpaired) electrons. The second-order valence-corrected chi connectivity index (χ2v) is 6.27. The Hall–Kier alpha value is -2.40. The van der Waals surface area contributed by atoms with Gasteiger partial charge in [-0.2, -0.15) is 13.2 Å². The third-order valence-corrected chi connectivity index (χ3v) is 4.08. The summed E-state index contributed by atoms with van der Waals surface area (Å²) in [5.74, 6) is 0. The van der Waals surface area contributed by atoms with Crippen LogP contribution < -0.4 is 0 Å². The van der Waals surface area contributed by atoms with Gasteiger partial charge in [-0.25, -0.2) is 4.99 Å². The molecular formula is C20H13BrF3N. The van der Waals surface area contributed by atoms with Crippen molar-refractivity contribution in [3.63, 3.8) is 0 Å². The van der Waals surface area contributed by atoms with Crippen LogP contribution in [0.3, 0.4) is 0 Å². The van der Waals surface area contributed by atoms with Crippen molar-refractivity contribution in [2.75, 3.05) is 0 Å². The first-order chi connectivity index (χ1) is 11.9. The fourth-order valence-corrected chi connectivity index (χ4v) is 2.80. The minimum atomic E-state index is -4.49. The Morgan fingerprint density at radius 1 is 0.760 bits per heavy atom. The van der Waals surface area contributed by atoms with Crippen LogP contribution in [0, 0.1) is 0 Å². The first-order valence-corrected chi connectivity index (χ1v) is 8.31. The molecule has 0 N–H and O–H groups in total. The quantitative estimate of drug-likeness (QED) is 0.434. The first kappa shape index (κ1) is 17.4. The standard InChI is InChI=1S/C20H13BrF3N/c21-16-11-12-18(17(13-16)20(22,23)24)25-19(14-7-3-1-4-8-14)15-9-5-2-6-10-15/h1-13H. The SMILES string of the molecule is FC(F)(F)c1cc(Br)ccc1N=C(c1ccccc1)c1ccccc1. The number of alkyl halides is 3. The summed E-state index contributed by atoms with van der Waals surface area (Å²) in [6, 6.07) is 22.3. The van der Waals surface area contributed by atoms with Crippen molar-refractivity contribution in [2.24, 2.45) is 4.99 Å². The van der Waals surface area contributed by atoms with E-state index < -0.39 is 11.7 Å². The molecule has 0 saturated heterocycles. The predicted molar refractivity (Wildman–Crippen MR) is 97.3 cm³/mol. The summed E-state index contributed by atoms with van der Waals surface area (Å²) in [6.45, 7) is 0. The number of nitrogens with zero attached hydrogens (tertiary/aromatic N) is 1. The maximum absolute atomic E-state index is 13.4. The Morgan fingerprint density at radius 2 is 1.28 bits per heavy atom. The molecule has 0 aliphatic heterocycles. The van der Waals surface area contributed by atoms with E-state index in [4.69, 9.17) is 0 Å². The highest BCUT2D eigenvalue weighted by Gasteiger charge is 2.34. The highest BCUT2D eigenvalue weighted by molar-refractivity contribution is 9.10. The van der Waals surface area contributed by atoms with Crippen LogP contribution in [0.2, 0.25) is 0 Å². The molecule has 0 atom stereocenters. The third kappa shape index (κ3) is 4.17. The minimum absolute atomic E-state index is 0.113. The Bertz CT molecular complexity index is 846. The van der Waals surface area contributed by atoms with Gasteiger partial charge in [0, 0.05) is 15.6 Å².